The van der Waals surface area contributed by atoms with Crippen LogP contribution in [-0.2, 0) is 16.3 Å². The lowest BCUT2D eigenvalue weighted by atomic mass is 9.95. The Balaban J connectivity index is 1.99. The SMILES string of the molecule is Cc1ccc(CC(CC2CCS(=O)(=O)C2)NN)c(Cl)c1. The predicted molar refractivity (Wildman–Crippen MR) is 82.4 cm³/mol. The Kier molecular flexibility index (Phi) is 5.07. The van der Waals surface area contributed by atoms with Gasteiger partial charge in [0.1, 0.15) is 0 Å². The fourth-order valence-corrected chi connectivity index (χ4v) is 4.95. The zero-order valence-corrected chi connectivity index (χ0v) is 13.2. The Morgan fingerprint density at radius 3 is 2.80 bits per heavy atom. The van der Waals surface area contributed by atoms with Gasteiger partial charge < -0.3 is 0 Å². The number of halogens is 1. The Labute approximate surface area is 125 Å². The van der Waals surface area contributed by atoms with Crippen LogP contribution in [0.5, 0.6) is 0 Å². The van der Waals surface area contributed by atoms with Gasteiger partial charge in [-0.3, -0.25) is 11.3 Å². The number of sulfone groups is 1. The standard InChI is InChI=1S/C14H21ClN2O2S/c1-10-2-3-12(14(15)6-10)8-13(17-16)7-11-4-5-20(18,19)9-11/h2-3,6,11,13,17H,4-5,7-9,16H2,1H3. The molecule has 4 nitrogen and oxygen atoms in total. The highest BCUT2D eigenvalue weighted by Gasteiger charge is 2.29. The summed E-state index contributed by atoms with van der Waals surface area (Å²) in [6, 6.07) is 6.01. The van der Waals surface area contributed by atoms with Crippen molar-refractivity contribution in [2.45, 2.75) is 32.2 Å². The highest BCUT2D eigenvalue weighted by Crippen LogP contribution is 2.25. The zero-order chi connectivity index (χ0) is 14.8. The second kappa shape index (κ2) is 6.43. The summed E-state index contributed by atoms with van der Waals surface area (Å²) in [6.07, 6.45) is 2.22. The predicted octanol–water partition coefficient (Wildman–Crippen LogP) is 1.85. The number of hydrogen-bond donors (Lipinski definition) is 2. The molecule has 1 aliphatic heterocycles. The van der Waals surface area contributed by atoms with Crippen molar-refractivity contribution in [3.05, 3.63) is 34.3 Å². The molecule has 0 radical (unpaired) electrons. The first-order chi connectivity index (χ1) is 9.39. The number of nitrogens with one attached hydrogen (secondary N) is 1. The van der Waals surface area contributed by atoms with E-state index in [0.29, 0.717) is 12.2 Å². The van der Waals surface area contributed by atoms with Crippen molar-refractivity contribution in [1.82, 2.24) is 5.43 Å². The number of aryl methyl sites for hydroxylation is 1. The molecule has 1 heterocycles. The van der Waals surface area contributed by atoms with E-state index < -0.39 is 9.84 Å². The van der Waals surface area contributed by atoms with Gasteiger partial charge in [0.25, 0.3) is 0 Å². The molecule has 1 saturated heterocycles. The largest absolute Gasteiger partial charge is 0.271 e. The van der Waals surface area contributed by atoms with Gasteiger partial charge in [-0.2, -0.15) is 0 Å². The van der Waals surface area contributed by atoms with E-state index in [1.54, 1.807) is 0 Å². The lowest BCUT2D eigenvalue weighted by molar-refractivity contribution is 0.408. The van der Waals surface area contributed by atoms with Gasteiger partial charge in [0, 0.05) is 11.1 Å². The van der Waals surface area contributed by atoms with E-state index in [1.807, 2.05) is 25.1 Å². The highest BCUT2D eigenvalue weighted by molar-refractivity contribution is 7.91. The Morgan fingerprint density at radius 2 is 2.25 bits per heavy atom. The first-order valence-corrected chi connectivity index (χ1v) is 9.01. The first kappa shape index (κ1) is 15.8. The van der Waals surface area contributed by atoms with Gasteiger partial charge in [0.2, 0.25) is 0 Å². The highest BCUT2D eigenvalue weighted by atomic mass is 35.5. The monoisotopic (exact) mass is 316 g/mol. The van der Waals surface area contributed by atoms with Crippen LogP contribution >= 0.6 is 11.6 Å². The third kappa shape index (κ3) is 4.19. The molecule has 2 rings (SSSR count). The van der Waals surface area contributed by atoms with Crippen molar-refractivity contribution in [1.29, 1.82) is 0 Å². The second-order valence-corrected chi connectivity index (χ2v) is 8.30. The second-order valence-electron chi connectivity index (χ2n) is 5.67. The minimum atomic E-state index is -2.83. The van der Waals surface area contributed by atoms with Crippen LogP contribution < -0.4 is 11.3 Å². The van der Waals surface area contributed by atoms with Crippen LogP contribution in [0.2, 0.25) is 5.02 Å². The number of hydrogen-bond acceptors (Lipinski definition) is 4. The van der Waals surface area contributed by atoms with Crippen LogP contribution in [0.25, 0.3) is 0 Å². The summed E-state index contributed by atoms with van der Waals surface area (Å²) in [7, 11) is -2.83. The molecule has 112 valence electrons. The summed E-state index contributed by atoms with van der Waals surface area (Å²) in [6.45, 7) is 2.00. The zero-order valence-electron chi connectivity index (χ0n) is 11.6. The minimum absolute atomic E-state index is 0.0495. The van der Waals surface area contributed by atoms with Crippen LogP contribution in [0.4, 0.5) is 0 Å². The first-order valence-electron chi connectivity index (χ1n) is 6.81. The van der Waals surface area contributed by atoms with Crippen molar-refractivity contribution in [3.8, 4) is 0 Å². The van der Waals surface area contributed by atoms with Crippen molar-refractivity contribution in [2.75, 3.05) is 11.5 Å². The molecule has 0 amide bonds. The molecular formula is C14H21ClN2O2S. The average Bonchev–Trinajstić information content (AvgIpc) is 2.71. The summed E-state index contributed by atoms with van der Waals surface area (Å²) in [4.78, 5) is 0. The molecule has 0 aliphatic carbocycles. The summed E-state index contributed by atoms with van der Waals surface area (Å²) < 4.78 is 23.0. The maximum absolute atomic E-state index is 11.5. The van der Waals surface area contributed by atoms with Gasteiger partial charge in [-0.15, -0.1) is 0 Å². The molecule has 1 fully saturated rings. The third-order valence-electron chi connectivity index (χ3n) is 3.86. The van der Waals surface area contributed by atoms with Crippen molar-refractivity contribution in [2.24, 2.45) is 11.8 Å². The molecule has 1 aromatic rings. The van der Waals surface area contributed by atoms with Crippen LogP contribution in [-0.4, -0.2) is 26.0 Å². The summed E-state index contributed by atoms with van der Waals surface area (Å²) in [5.41, 5.74) is 4.96. The molecule has 3 N–H and O–H groups in total. The van der Waals surface area contributed by atoms with E-state index in [1.165, 1.54) is 0 Å². The van der Waals surface area contributed by atoms with Crippen LogP contribution in [0.3, 0.4) is 0 Å². The molecule has 1 aliphatic rings. The maximum atomic E-state index is 11.5. The number of nitrogens with two attached hydrogens (primary N) is 1. The molecular weight excluding hydrogens is 296 g/mol. The molecule has 2 atom stereocenters. The summed E-state index contributed by atoms with van der Waals surface area (Å²) >= 11 is 6.23. The number of benzene rings is 1. The third-order valence-corrected chi connectivity index (χ3v) is 6.04. The molecule has 0 spiro atoms. The fraction of sp³-hybridized carbons (Fsp3) is 0.571. The Hall–Kier alpha value is -0.620. The van der Waals surface area contributed by atoms with E-state index in [2.05, 4.69) is 5.43 Å². The van der Waals surface area contributed by atoms with E-state index >= 15 is 0 Å². The van der Waals surface area contributed by atoms with E-state index in [9.17, 15) is 8.42 Å². The van der Waals surface area contributed by atoms with E-state index in [-0.39, 0.29) is 17.7 Å². The van der Waals surface area contributed by atoms with Gasteiger partial charge in [0.15, 0.2) is 9.84 Å². The Morgan fingerprint density at radius 1 is 1.50 bits per heavy atom. The van der Waals surface area contributed by atoms with Crippen LogP contribution in [0.15, 0.2) is 18.2 Å². The smallest absolute Gasteiger partial charge is 0.150 e. The van der Waals surface area contributed by atoms with Gasteiger partial charge in [-0.1, -0.05) is 23.7 Å². The quantitative estimate of drug-likeness (QED) is 0.642. The molecule has 0 aromatic heterocycles. The molecule has 1 aromatic carbocycles. The molecule has 6 heteroatoms. The van der Waals surface area contributed by atoms with E-state index in [4.69, 9.17) is 17.4 Å². The fourth-order valence-electron chi connectivity index (χ4n) is 2.75. The lowest BCUT2D eigenvalue weighted by Gasteiger charge is -2.20. The van der Waals surface area contributed by atoms with Gasteiger partial charge in [0.05, 0.1) is 11.5 Å². The van der Waals surface area contributed by atoms with Gasteiger partial charge in [-0.05, 0) is 49.3 Å². The minimum Gasteiger partial charge on any atom is -0.271 e. The van der Waals surface area contributed by atoms with Gasteiger partial charge >= 0.3 is 0 Å². The number of rotatable bonds is 5. The Bertz CT molecular complexity index is 575. The van der Waals surface area contributed by atoms with Crippen molar-refractivity contribution < 1.29 is 8.42 Å². The van der Waals surface area contributed by atoms with E-state index in [0.717, 1.165) is 29.0 Å². The van der Waals surface area contributed by atoms with Crippen LogP contribution in [0, 0.1) is 12.8 Å². The maximum Gasteiger partial charge on any atom is 0.150 e. The van der Waals surface area contributed by atoms with Crippen molar-refractivity contribution >= 4 is 21.4 Å². The average molecular weight is 317 g/mol. The van der Waals surface area contributed by atoms with Gasteiger partial charge in [-0.25, -0.2) is 8.42 Å². The lowest BCUT2D eigenvalue weighted by Crippen LogP contribution is -2.38. The van der Waals surface area contributed by atoms with Crippen molar-refractivity contribution in [3.63, 3.8) is 0 Å². The molecule has 0 saturated carbocycles. The summed E-state index contributed by atoms with van der Waals surface area (Å²) in [5.74, 6) is 6.39. The molecule has 2 unspecified atom stereocenters. The number of hydrazine groups is 1. The van der Waals surface area contributed by atoms with Crippen LogP contribution in [0.1, 0.15) is 24.0 Å². The molecule has 20 heavy (non-hydrogen) atoms. The topological polar surface area (TPSA) is 72.2 Å². The molecule has 0 bridgehead atoms. The normalized spacial score (nSPS) is 22.9. The summed E-state index contributed by atoms with van der Waals surface area (Å²) in [5, 5.41) is 0.740.